The zero-order valence-corrected chi connectivity index (χ0v) is 21.6. The number of carbonyl (C=O) groups excluding carboxylic acids is 2. The summed E-state index contributed by atoms with van der Waals surface area (Å²) in [5, 5.41) is 17.2. The van der Waals surface area contributed by atoms with Crippen LogP contribution in [0.3, 0.4) is 0 Å². The molecule has 0 fully saturated rings. The van der Waals surface area contributed by atoms with Gasteiger partial charge in [0.2, 0.25) is 5.91 Å². The first kappa shape index (κ1) is 25.7. The quantitative estimate of drug-likeness (QED) is 0.238. The fourth-order valence-corrected chi connectivity index (χ4v) is 5.14. The molecule has 0 bridgehead atoms. The molecule has 2 unspecified atom stereocenters. The molecule has 198 valence electrons. The first-order valence-electron chi connectivity index (χ1n) is 12.5. The number of Topliss-reactive ketones (excluding diaryl/α,β-unsaturated/α-hetero) is 1. The van der Waals surface area contributed by atoms with Crippen molar-refractivity contribution in [2.75, 3.05) is 13.7 Å². The van der Waals surface area contributed by atoms with Gasteiger partial charge in [-0.25, -0.2) is 4.99 Å². The molecule has 0 spiro atoms. The molecule has 2 aliphatic rings. The molecule has 2 aliphatic heterocycles. The molecule has 2 atom stereocenters. The van der Waals surface area contributed by atoms with Gasteiger partial charge < -0.3 is 20.4 Å². The van der Waals surface area contributed by atoms with Gasteiger partial charge in [0, 0.05) is 58.4 Å². The summed E-state index contributed by atoms with van der Waals surface area (Å²) in [6, 6.07) is 17.2. The lowest BCUT2D eigenvalue weighted by molar-refractivity contribution is -0.384. The van der Waals surface area contributed by atoms with Crippen molar-refractivity contribution in [3.63, 3.8) is 0 Å². The molecule has 5 rings (SSSR count). The molecule has 0 radical (unpaired) electrons. The number of hydrogen-bond donors (Lipinski definition) is 3. The largest absolute Gasteiger partial charge is 0.496 e. The molecule has 0 aliphatic carbocycles. The number of amides is 1. The Morgan fingerprint density at radius 1 is 1.15 bits per heavy atom. The number of ether oxygens (including phenoxy) is 1. The second-order valence-corrected chi connectivity index (χ2v) is 9.25. The molecular weight excluding hydrogens is 498 g/mol. The molecule has 3 aromatic rings. The second kappa shape index (κ2) is 10.4. The van der Waals surface area contributed by atoms with E-state index in [0.717, 1.165) is 5.56 Å². The molecule has 0 saturated carbocycles. The molecule has 3 N–H and O–H groups in total. The van der Waals surface area contributed by atoms with Gasteiger partial charge in [-0.3, -0.25) is 19.7 Å². The standard InChI is InChI=1S/C29H27N5O5/c1-4-30-29(36)24-16(2)31-28-26(25(24)20-10-5-6-11-23(20)39-3)27(35)22(33-28)15-18-12-13-21(32-18)17-8-7-9-19(14-17)34(37)38/h5-15,25-26,32H,4H2,1-3H3,(H,30,36)(H,31,33). The average Bonchev–Trinajstić information content (AvgIpc) is 3.52. The van der Waals surface area contributed by atoms with Crippen molar-refractivity contribution in [1.29, 1.82) is 0 Å². The molecule has 1 aromatic heterocycles. The average molecular weight is 526 g/mol. The van der Waals surface area contributed by atoms with Crippen LogP contribution in [0.5, 0.6) is 5.75 Å². The number of nitro groups is 1. The van der Waals surface area contributed by atoms with Crippen LogP contribution in [-0.4, -0.2) is 41.1 Å². The third kappa shape index (κ3) is 4.72. The van der Waals surface area contributed by atoms with Crippen LogP contribution in [-0.2, 0) is 9.59 Å². The Morgan fingerprint density at radius 3 is 2.69 bits per heavy atom. The maximum Gasteiger partial charge on any atom is 0.270 e. The van der Waals surface area contributed by atoms with E-state index in [1.807, 2.05) is 31.2 Å². The number of aromatic nitrogens is 1. The Labute approximate surface area is 224 Å². The van der Waals surface area contributed by atoms with Crippen molar-refractivity contribution >= 4 is 29.3 Å². The fourth-order valence-electron chi connectivity index (χ4n) is 5.14. The van der Waals surface area contributed by atoms with Gasteiger partial charge in [0.05, 0.1) is 18.0 Å². The topological polar surface area (TPSA) is 139 Å². The van der Waals surface area contributed by atoms with Gasteiger partial charge >= 0.3 is 0 Å². The summed E-state index contributed by atoms with van der Waals surface area (Å²) in [5.74, 6) is -0.772. The van der Waals surface area contributed by atoms with Crippen LogP contribution in [0.15, 0.2) is 82.6 Å². The molecule has 3 heterocycles. The third-order valence-electron chi connectivity index (χ3n) is 6.86. The van der Waals surface area contributed by atoms with Crippen LogP contribution in [0.2, 0.25) is 0 Å². The number of fused-ring (bicyclic) bond motifs is 1. The second-order valence-electron chi connectivity index (χ2n) is 9.25. The van der Waals surface area contributed by atoms with Crippen molar-refractivity contribution in [2.45, 2.75) is 19.8 Å². The summed E-state index contributed by atoms with van der Waals surface area (Å²) >= 11 is 0. The maximum absolute atomic E-state index is 13.8. The van der Waals surface area contributed by atoms with Crippen molar-refractivity contribution in [3.8, 4) is 17.0 Å². The van der Waals surface area contributed by atoms with Crippen LogP contribution >= 0.6 is 0 Å². The number of aromatic amines is 1. The monoisotopic (exact) mass is 525 g/mol. The van der Waals surface area contributed by atoms with Gasteiger partial charge in [0.1, 0.15) is 17.3 Å². The van der Waals surface area contributed by atoms with Crippen LogP contribution in [0.4, 0.5) is 5.69 Å². The number of rotatable bonds is 7. The number of para-hydroxylation sites is 1. The highest BCUT2D eigenvalue weighted by Gasteiger charge is 2.47. The minimum Gasteiger partial charge on any atom is -0.496 e. The normalized spacial score (nSPS) is 19.4. The predicted octanol–water partition coefficient (Wildman–Crippen LogP) is 4.33. The SMILES string of the molecule is CCNC(=O)C1=C(C)NC2=NC(=Cc3ccc(-c4cccc([N+](=O)[O-])c4)[nH]3)C(=O)C2C1c1ccccc1OC. The van der Waals surface area contributed by atoms with E-state index in [2.05, 4.69) is 20.6 Å². The Kier molecular flexibility index (Phi) is 6.84. The van der Waals surface area contributed by atoms with Gasteiger partial charge in [-0.15, -0.1) is 0 Å². The van der Waals surface area contributed by atoms with E-state index in [-0.39, 0.29) is 23.1 Å². The van der Waals surface area contributed by atoms with E-state index in [9.17, 15) is 19.7 Å². The number of nitro benzene ring substituents is 1. The van der Waals surface area contributed by atoms with E-state index in [1.165, 1.54) is 12.1 Å². The van der Waals surface area contributed by atoms with Crippen LogP contribution in [0.25, 0.3) is 17.3 Å². The number of nitrogens with zero attached hydrogens (tertiary/aromatic N) is 2. The van der Waals surface area contributed by atoms with Gasteiger partial charge in [-0.1, -0.05) is 30.3 Å². The maximum atomic E-state index is 13.8. The predicted molar refractivity (Wildman–Crippen MR) is 147 cm³/mol. The minimum atomic E-state index is -0.736. The first-order chi connectivity index (χ1) is 18.8. The molecule has 10 heteroatoms. The lowest BCUT2D eigenvalue weighted by Gasteiger charge is -2.33. The number of amidine groups is 1. The Morgan fingerprint density at radius 2 is 1.95 bits per heavy atom. The lowest BCUT2D eigenvalue weighted by Crippen LogP contribution is -2.44. The van der Waals surface area contributed by atoms with E-state index in [4.69, 9.17) is 4.74 Å². The number of hydrogen-bond acceptors (Lipinski definition) is 7. The number of carbonyl (C=O) groups is 2. The van der Waals surface area contributed by atoms with Crippen LogP contribution < -0.4 is 15.4 Å². The van der Waals surface area contributed by atoms with Gasteiger partial charge in [0.25, 0.3) is 5.69 Å². The summed E-state index contributed by atoms with van der Waals surface area (Å²) < 4.78 is 5.61. The Balaban J connectivity index is 1.53. The van der Waals surface area contributed by atoms with E-state index in [1.54, 1.807) is 44.4 Å². The highest BCUT2D eigenvalue weighted by atomic mass is 16.6. The Bertz CT molecular complexity index is 1580. The zero-order valence-electron chi connectivity index (χ0n) is 21.6. The van der Waals surface area contributed by atoms with Crippen LogP contribution in [0, 0.1) is 16.0 Å². The zero-order chi connectivity index (χ0) is 27.7. The molecule has 2 aromatic carbocycles. The number of allylic oxidation sites excluding steroid dienone is 2. The molecule has 39 heavy (non-hydrogen) atoms. The number of H-pyrrole nitrogens is 1. The summed E-state index contributed by atoms with van der Waals surface area (Å²) in [6.45, 7) is 4.09. The summed E-state index contributed by atoms with van der Waals surface area (Å²) in [6.07, 6.45) is 1.65. The van der Waals surface area contributed by atoms with Gasteiger partial charge in [-0.2, -0.15) is 0 Å². The number of likely N-dealkylation sites (N-methyl/N-ethyl adjacent to an activating group) is 1. The minimum absolute atomic E-state index is 0.0114. The number of ketones is 1. The van der Waals surface area contributed by atoms with Crippen molar-refractivity contribution in [2.24, 2.45) is 10.9 Å². The number of benzene rings is 2. The third-order valence-corrected chi connectivity index (χ3v) is 6.86. The van der Waals surface area contributed by atoms with E-state index in [0.29, 0.717) is 46.4 Å². The van der Waals surface area contributed by atoms with Crippen molar-refractivity contribution < 1.29 is 19.2 Å². The van der Waals surface area contributed by atoms with E-state index < -0.39 is 16.8 Å². The highest BCUT2D eigenvalue weighted by Crippen LogP contribution is 2.45. The van der Waals surface area contributed by atoms with Crippen molar-refractivity contribution in [1.82, 2.24) is 15.6 Å². The molecule has 0 saturated heterocycles. The fraction of sp³-hybridized carbons (Fsp3) is 0.207. The van der Waals surface area contributed by atoms with Gasteiger partial charge in [0.15, 0.2) is 5.78 Å². The van der Waals surface area contributed by atoms with E-state index >= 15 is 0 Å². The Hall–Kier alpha value is -4.99. The molecule has 1 amide bonds. The summed E-state index contributed by atoms with van der Waals surface area (Å²) in [4.78, 5) is 45.6. The summed E-state index contributed by atoms with van der Waals surface area (Å²) in [5.41, 5.74) is 3.97. The van der Waals surface area contributed by atoms with Crippen LogP contribution in [0.1, 0.15) is 31.0 Å². The number of nitrogens with one attached hydrogen (secondary N) is 3. The lowest BCUT2D eigenvalue weighted by atomic mass is 9.74. The number of methoxy groups -OCH3 is 1. The number of non-ortho nitro benzene ring substituents is 1. The smallest absolute Gasteiger partial charge is 0.270 e. The number of aliphatic imine (C=N–C) groups is 1. The summed E-state index contributed by atoms with van der Waals surface area (Å²) in [7, 11) is 1.56. The molecular formula is C29H27N5O5. The first-order valence-corrected chi connectivity index (χ1v) is 12.5. The van der Waals surface area contributed by atoms with Crippen molar-refractivity contribution in [3.05, 3.63) is 99.0 Å². The van der Waals surface area contributed by atoms with Gasteiger partial charge in [-0.05, 0) is 38.1 Å². The highest BCUT2D eigenvalue weighted by molar-refractivity contribution is 6.22. The molecule has 10 nitrogen and oxygen atoms in total.